The normalized spacial score (nSPS) is 9.38. The lowest BCUT2D eigenvalue weighted by atomic mass is 10.2. The maximum atomic E-state index is 8.06. The second-order valence-corrected chi connectivity index (χ2v) is 3.25. The largest absolute Gasteiger partial charge is 0.394 e. The van der Waals surface area contributed by atoms with Gasteiger partial charge in [0.05, 0.1) is 0 Å². The van der Waals surface area contributed by atoms with Crippen LogP contribution in [0.25, 0.3) is 0 Å². The molecular weight excluding hydrogens is 162 g/mol. The van der Waals surface area contributed by atoms with Gasteiger partial charge in [-0.2, -0.15) is 0 Å². The molecule has 0 amide bonds. The second kappa shape index (κ2) is 6.61. The van der Waals surface area contributed by atoms with Gasteiger partial charge in [0.2, 0.25) is 0 Å². The number of aliphatic hydroxyl groups excluding tert-OH is 1. The molecule has 74 valence electrons. The molecule has 1 N–H and O–H groups in total. The van der Waals surface area contributed by atoms with Crippen LogP contribution in [0.2, 0.25) is 0 Å². The van der Waals surface area contributed by atoms with E-state index in [-0.39, 0.29) is 6.10 Å². The SMILES string of the molecule is CC(C)O.CCc1ccnc(C)c1. The molecule has 0 bridgehead atoms. The molecule has 1 aromatic heterocycles. The van der Waals surface area contributed by atoms with E-state index in [0.717, 1.165) is 12.1 Å². The van der Waals surface area contributed by atoms with Crippen LogP contribution in [0, 0.1) is 6.92 Å². The van der Waals surface area contributed by atoms with Crippen LogP contribution in [0.5, 0.6) is 0 Å². The maximum absolute atomic E-state index is 8.06. The van der Waals surface area contributed by atoms with Gasteiger partial charge < -0.3 is 5.11 Å². The van der Waals surface area contributed by atoms with Crippen LogP contribution in [-0.4, -0.2) is 16.2 Å². The summed E-state index contributed by atoms with van der Waals surface area (Å²) in [5, 5.41) is 8.06. The van der Waals surface area contributed by atoms with Gasteiger partial charge in [0.15, 0.2) is 0 Å². The Labute approximate surface area is 80.6 Å². The predicted molar refractivity (Wildman–Crippen MR) is 55.7 cm³/mol. The zero-order valence-corrected chi connectivity index (χ0v) is 8.91. The Kier molecular flexibility index (Phi) is 6.15. The first-order valence-corrected chi connectivity index (χ1v) is 4.65. The molecule has 1 aromatic rings. The third-order valence-corrected chi connectivity index (χ3v) is 1.37. The summed E-state index contributed by atoms with van der Waals surface area (Å²) in [5.41, 5.74) is 2.47. The van der Waals surface area contributed by atoms with Crippen LogP contribution >= 0.6 is 0 Å². The average Bonchev–Trinajstić information content (AvgIpc) is 2.03. The number of aryl methyl sites for hydroxylation is 2. The quantitative estimate of drug-likeness (QED) is 0.721. The lowest BCUT2D eigenvalue weighted by Crippen LogP contribution is -1.85. The first-order chi connectivity index (χ1) is 6.06. The first-order valence-electron chi connectivity index (χ1n) is 4.65. The van der Waals surface area contributed by atoms with Crippen LogP contribution in [0.1, 0.15) is 32.0 Å². The van der Waals surface area contributed by atoms with E-state index in [0.29, 0.717) is 0 Å². The Hall–Kier alpha value is -0.890. The van der Waals surface area contributed by atoms with Gasteiger partial charge in [-0.1, -0.05) is 6.92 Å². The maximum Gasteiger partial charge on any atom is 0.0483 e. The molecule has 2 nitrogen and oxygen atoms in total. The van der Waals surface area contributed by atoms with Gasteiger partial charge in [-0.15, -0.1) is 0 Å². The van der Waals surface area contributed by atoms with Crippen LogP contribution in [0.4, 0.5) is 0 Å². The minimum absolute atomic E-state index is 0.167. The molecule has 0 spiro atoms. The highest BCUT2D eigenvalue weighted by Crippen LogP contribution is 1.99. The fraction of sp³-hybridized carbons (Fsp3) is 0.545. The lowest BCUT2D eigenvalue weighted by molar-refractivity contribution is 0.216. The molecule has 0 unspecified atom stereocenters. The summed E-state index contributed by atoms with van der Waals surface area (Å²) in [5.74, 6) is 0. The minimum Gasteiger partial charge on any atom is -0.394 e. The number of aliphatic hydroxyl groups is 1. The molecule has 0 radical (unpaired) electrons. The monoisotopic (exact) mass is 181 g/mol. The molecule has 13 heavy (non-hydrogen) atoms. The van der Waals surface area contributed by atoms with Crippen molar-refractivity contribution in [3.05, 3.63) is 29.6 Å². The summed E-state index contributed by atoms with van der Waals surface area (Å²) in [4.78, 5) is 4.09. The van der Waals surface area contributed by atoms with Gasteiger partial charge >= 0.3 is 0 Å². The average molecular weight is 181 g/mol. The molecule has 0 aromatic carbocycles. The molecule has 0 saturated carbocycles. The Morgan fingerprint density at radius 2 is 2.00 bits per heavy atom. The van der Waals surface area contributed by atoms with Crippen molar-refractivity contribution in [3.63, 3.8) is 0 Å². The summed E-state index contributed by atoms with van der Waals surface area (Å²) in [6, 6.07) is 4.16. The van der Waals surface area contributed by atoms with Crippen molar-refractivity contribution in [1.29, 1.82) is 0 Å². The molecule has 1 rings (SSSR count). The van der Waals surface area contributed by atoms with Crippen molar-refractivity contribution >= 4 is 0 Å². The second-order valence-electron chi connectivity index (χ2n) is 3.25. The van der Waals surface area contributed by atoms with E-state index in [1.54, 1.807) is 13.8 Å². The first kappa shape index (κ1) is 12.1. The van der Waals surface area contributed by atoms with Crippen molar-refractivity contribution in [3.8, 4) is 0 Å². The molecule has 0 aliphatic carbocycles. The van der Waals surface area contributed by atoms with E-state index in [1.807, 2.05) is 19.2 Å². The molecule has 1 heterocycles. The third-order valence-electron chi connectivity index (χ3n) is 1.37. The van der Waals surface area contributed by atoms with Gasteiger partial charge in [-0.25, -0.2) is 0 Å². The Morgan fingerprint density at radius 1 is 1.46 bits per heavy atom. The highest BCUT2D eigenvalue weighted by atomic mass is 16.3. The van der Waals surface area contributed by atoms with E-state index in [9.17, 15) is 0 Å². The predicted octanol–water partition coefficient (Wildman–Crippen LogP) is 2.34. The summed E-state index contributed by atoms with van der Waals surface area (Å²) in [6.45, 7) is 7.61. The van der Waals surface area contributed by atoms with Gasteiger partial charge in [0, 0.05) is 18.0 Å². The molecule has 0 atom stereocenters. The van der Waals surface area contributed by atoms with E-state index in [4.69, 9.17) is 5.11 Å². The third kappa shape index (κ3) is 7.47. The summed E-state index contributed by atoms with van der Waals surface area (Å²) >= 11 is 0. The zero-order valence-electron chi connectivity index (χ0n) is 8.91. The van der Waals surface area contributed by atoms with E-state index in [1.165, 1.54) is 5.56 Å². The van der Waals surface area contributed by atoms with Crippen LogP contribution in [0.3, 0.4) is 0 Å². The number of hydrogen-bond acceptors (Lipinski definition) is 2. The topological polar surface area (TPSA) is 33.1 Å². The Balaban J connectivity index is 0.000000310. The standard InChI is InChI=1S/C8H11N.C3H8O/c1-3-8-4-5-9-7(2)6-8;1-3(2)4/h4-6H,3H2,1-2H3;3-4H,1-2H3. The molecule has 2 heteroatoms. The minimum atomic E-state index is -0.167. The van der Waals surface area contributed by atoms with Crippen LogP contribution < -0.4 is 0 Å². The van der Waals surface area contributed by atoms with Crippen LogP contribution in [0.15, 0.2) is 18.3 Å². The van der Waals surface area contributed by atoms with Crippen molar-refractivity contribution in [2.45, 2.75) is 40.2 Å². The highest BCUT2D eigenvalue weighted by Gasteiger charge is 1.87. The van der Waals surface area contributed by atoms with Crippen molar-refractivity contribution in [2.75, 3.05) is 0 Å². The van der Waals surface area contributed by atoms with Crippen molar-refractivity contribution < 1.29 is 5.11 Å². The summed E-state index contributed by atoms with van der Waals surface area (Å²) in [7, 11) is 0. The van der Waals surface area contributed by atoms with Gasteiger partial charge in [-0.05, 0) is 44.9 Å². The van der Waals surface area contributed by atoms with Gasteiger partial charge in [-0.3, -0.25) is 4.98 Å². The summed E-state index contributed by atoms with van der Waals surface area (Å²) < 4.78 is 0. The Bertz CT molecular complexity index is 231. The number of aromatic nitrogens is 1. The fourth-order valence-electron chi connectivity index (χ4n) is 0.824. The lowest BCUT2D eigenvalue weighted by Gasteiger charge is -1.94. The van der Waals surface area contributed by atoms with E-state index in [2.05, 4.69) is 18.0 Å². The fourth-order valence-corrected chi connectivity index (χ4v) is 0.824. The highest BCUT2D eigenvalue weighted by molar-refractivity contribution is 5.14. The zero-order chi connectivity index (χ0) is 10.3. The van der Waals surface area contributed by atoms with Gasteiger partial charge in [0.1, 0.15) is 0 Å². The van der Waals surface area contributed by atoms with Gasteiger partial charge in [0.25, 0.3) is 0 Å². The number of rotatable bonds is 1. The molecule has 0 saturated heterocycles. The molecular formula is C11H19NO. The smallest absolute Gasteiger partial charge is 0.0483 e. The van der Waals surface area contributed by atoms with Crippen molar-refractivity contribution in [1.82, 2.24) is 4.98 Å². The number of nitrogens with zero attached hydrogens (tertiary/aromatic N) is 1. The molecule has 0 aliphatic heterocycles. The number of pyridine rings is 1. The van der Waals surface area contributed by atoms with Crippen LogP contribution in [-0.2, 0) is 6.42 Å². The Morgan fingerprint density at radius 3 is 2.31 bits per heavy atom. The molecule has 0 fully saturated rings. The summed E-state index contributed by atoms with van der Waals surface area (Å²) in [6.07, 6.45) is 2.79. The number of hydrogen-bond donors (Lipinski definition) is 1. The molecule has 0 aliphatic rings. The van der Waals surface area contributed by atoms with E-state index >= 15 is 0 Å². The van der Waals surface area contributed by atoms with Crippen molar-refractivity contribution in [2.24, 2.45) is 0 Å². The van der Waals surface area contributed by atoms with E-state index < -0.39 is 0 Å².